The van der Waals surface area contributed by atoms with Gasteiger partial charge in [-0.15, -0.1) is 0 Å². The van der Waals surface area contributed by atoms with Gasteiger partial charge in [0.05, 0.1) is 38.5 Å². The van der Waals surface area contributed by atoms with E-state index in [0.29, 0.717) is 0 Å². The van der Waals surface area contributed by atoms with Gasteiger partial charge in [-0.2, -0.15) is 9.97 Å². The van der Waals surface area contributed by atoms with Gasteiger partial charge in [-0.3, -0.25) is 9.13 Å². The highest BCUT2D eigenvalue weighted by molar-refractivity contribution is 5.24. The molecule has 254 valence electrons. The molecule has 46 heavy (non-hydrogen) atoms. The maximum Gasteiger partial charge on any atom is 0.349 e. The van der Waals surface area contributed by atoms with Crippen molar-refractivity contribution < 1.29 is 43.0 Å². The number of nitrogens with two attached hydrogens (primary N) is 2. The van der Waals surface area contributed by atoms with Crippen LogP contribution < -0.4 is 22.8 Å². The summed E-state index contributed by atoms with van der Waals surface area (Å²) in [7, 11) is 1.00. The largest absolute Gasteiger partial charge is 0.400 e. The fourth-order valence-electron chi connectivity index (χ4n) is 5.12. The Morgan fingerprint density at radius 2 is 1.39 bits per heavy atom. The first-order chi connectivity index (χ1) is 21.7. The Labute approximate surface area is 262 Å². The highest BCUT2D eigenvalue weighted by Gasteiger charge is 2.47. The molecule has 15 nitrogen and oxygen atoms in total. The summed E-state index contributed by atoms with van der Waals surface area (Å²) >= 11 is 0. The van der Waals surface area contributed by atoms with Gasteiger partial charge in [-0.1, -0.05) is 37.8 Å². The van der Waals surface area contributed by atoms with Crippen molar-refractivity contribution in [3.63, 3.8) is 0 Å². The minimum Gasteiger partial charge on any atom is -0.400 e. The molecule has 6 rings (SSSR count). The van der Waals surface area contributed by atoms with Crippen LogP contribution in [-0.2, 0) is 18.9 Å². The minimum atomic E-state index is -1.72. The molecule has 9 atom stereocenters. The molecule has 17 heteroatoms. The van der Waals surface area contributed by atoms with Crippen molar-refractivity contribution in [3.8, 4) is 0 Å². The van der Waals surface area contributed by atoms with Crippen LogP contribution in [0.15, 0.2) is 64.4 Å². The first kappa shape index (κ1) is 36.6. The van der Waals surface area contributed by atoms with Crippen LogP contribution in [0, 0.1) is 0 Å². The smallest absolute Gasteiger partial charge is 0.349 e. The number of hydrogen-bond donors (Lipinski definition) is 5. The fraction of sp³-hybridized carbons (Fsp3) is 0.517. The lowest BCUT2D eigenvalue weighted by Gasteiger charge is -2.44. The molecule has 0 radical (unpaired) electrons. The van der Waals surface area contributed by atoms with Crippen LogP contribution in [0.2, 0.25) is 0 Å². The van der Waals surface area contributed by atoms with Crippen molar-refractivity contribution in [1.29, 1.82) is 0 Å². The van der Waals surface area contributed by atoms with Gasteiger partial charge in [0.1, 0.15) is 36.1 Å². The Balaban J connectivity index is 0.000000244. The minimum absolute atomic E-state index is 0. The van der Waals surface area contributed by atoms with E-state index in [1.165, 1.54) is 29.1 Å². The highest BCUT2D eigenvalue weighted by atomic mass is 19.1. The van der Waals surface area contributed by atoms with Crippen LogP contribution in [0.4, 0.5) is 20.4 Å². The van der Waals surface area contributed by atoms with Crippen molar-refractivity contribution in [2.75, 3.05) is 45.0 Å². The molecule has 7 N–H and O–H groups in total. The Morgan fingerprint density at radius 1 is 0.848 bits per heavy atom. The quantitative estimate of drug-likeness (QED) is 0.249. The molecule has 1 aromatic carbocycles. The zero-order chi connectivity index (χ0) is 32.7. The van der Waals surface area contributed by atoms with Gasteiger partial charge in [0.25, 0.3) is 0 Å². The maximum atomic E-state index is 15.2. The second kappa shape index (κ2) is 16.6. The lowest BCUT2D eigenvalue weighted by Crippen LogP contribution is -2.56. The molecular weight excluding hydrogens is 614 g/mol. The Hall–Kier alpha value is -3.84. The van der Waals surface area contributed by atoms with Crippen LogP contribution >= 0.6 is 0 Å². The number of anilines is 2. The summed E-state index contributed by atoms with van der Waals surface area (Å²) in [5, 5.41) is 25.5. The van der Waals surface area contributed by atoms with Crippen molar-refractivity contribution in [1.82, 2.24) is 19.1 Å². The molecule has 3 aromatic rings. The van der Waals surface area contributed by atoms with Crippen LogP contribution in [0.1, 0.15) is 31.4 Å². The highest BCUT2D eigenvalue weighted by Crippen LogP contribution is 2.36. The number of hydrogen-bond acceptors (Lipinski definition) is 13. The van der Waals surface area contributed by atoms with Crippen LogP contribution in [-0.4, -0.2) is 105 Å². The standard InChI is InChI=1S/C17H18FN3O4.C10H14FN3O4.CH4O.CH4/c18-14-11(21-7-6-13(19)20-17(21)22)8-23-12-9-24-16(25-15(12)14)10-4-2-1-3-5-10;11-8-5(4-18-6(3-15)9(8)16)14-2-1-7(12)13-10(14)17;1-2;/h1-7,11-12,14-16H,8-9H2,(H2,19,20,22);1-2,5-6,8-9,15-16H,3-4H2,(H2,12,13,17);2H,1H3;1H4/t11-,12-,14-,15-,16?;5-,6-,8-,9-;;/m11../s1. The number of fused-ring (bicyclic) bond motifs is 1. The predicted molar refractivity (Wildman–Crippen MR) is 161 cm³/mol. The van der Waals surface area contributed by atoms with E-state index in [4.69, 9.17) is 40.6 Å². The monoisotopic (exact) mass is 654 g/mol. The number of nitrogens with zero attached hydrogens (tertiary/aromatic N) is 4. The molecule has 2 aromatic heterocycles. The number of alkyl halides is 2. The third-order valence-electron chi connectivity index (χ3n) is 7.45. The van der Waals surface area contributed by atoms with E-state index in [1.54, 1.807) is 0 Å². The lowest BCUT2D eigenvalue weighted by atomic mass is 9.98. The molecule has 3 fully saturated rings. The second-order valence-corrected chi connectivity index (χ2v) is 10.2. The Morgan fingerprint density at radius 3 is 1.93 bits per heavy atom. The molecule has 3 aliphatic heterocycles. The summed E-state index contributed by atoms with van der Waals surface area (Å²) in [5.74, 6) is 0.134. The molecule has 0 saturated carbocycles. The molecule has 0 aliphatic carbocycles. The molecule has 5 heterocycles. The molecule has 0 bridgehead atoms. The molecule has 0 spiro atoms. The summed E-state index contributed by atoms with van der Waals surface area (Å²) in [6.45, 7) is -0.346. The number of benzene rings is 1. The third kappa shape index (κ3) is 8.11. The van der Waals surface area contributed by atoms with E-state index in [9.17, 15) is 19.1 Å². The number of halogens is 2. The number of aromatic nitrogens is 4. The van der Waals surface area contributed by atoms with Gasteiger partial charge in [-0.25, -0.2) is 18.4 Å². The predicted octanol–water partition coefficient (Wildman–Crippen LogP) is -0.0810. The van der Waals surface area contributed by atoms with Gasteiger partial charge < -0.3 is 45.7 Å². The van der Waals surface area contributed by atoms with Gasteiger partial charge in [0, 0.05) is 25.1 Å². The van der Waals surface area contributed by atoms with Gasteiger partial charge in [0.15, 0.2) is 18.6 Å². The second-order valence-electron chi connectivity index (χ2n) is 10.2. The van der Waals surface area contributed by atoms with Crippen molar-refractivity contribution in [2.24, 2.45) is 0 Å². The van der Waals surface area contributed by atoms with E-state index in [1.807, 2.05) is 30.3 Å². The maximum absolute atomic E-state index is 15.2. The molecular formula is C29H40F2N6O9. The average Bonchev–Trinajstić information content (AvgIpc) is 3.05. The number of ether oxygens (including phenoxy) is 4. The van der Waals surface area contributed by atoms with Crippen LogP contribution in [0.3, 0.4) is 0 Å². The van der Waals surface area contributed by atoms with E-state index < -0.39 is 73.1 Å². The van der Waals surface area contributed by atoms with E-state index in [0.717, 1.165) is 17.2 Å². The normalized spacial score (nSPS) is 30.3. The third-order valence-corrected chi connectivity index (χ3v) is 7.45. The number of aliphatic hydroxyl groups is 3. The van der Waals surface area contributed by atoms with Crippen LogP contribution in [0.5, 0.6) is 0 Å². The summed E-state index contributed by atoms with van der Waals surface area (Å²) in [6.07, 6.45) is -4.89. The fourth-order valence-corrected chi connectivity index (χ4v) is 5.12. The number of aliphatic hydroxyl groups excluding tert-OH is 3. The van der Waals surface area contributed by atoms with Crippen molar-refractivity contribution in [3.05, 3.63) is 81.4 Å². The SMILES string of the molecule is C.CO.Nc1ccn([C@@H]2CO[C@@H]3COC(c4ccccc4)O[C@H]3[C@@H]2F)c(=O)n1.Nc1ccn([C@@H]2CO[C@H](CO)[C@@H](O)[C@@H]2F)c(=O)n1. The summed E-state index contributed by atoms with van der Waals surface area (Å²) in [4.78, 5) is 30.7. The topological polar surface area (TPSA) is 219 Å². The van der Waals surface area contributed by atoms with E-state index in [2.05, 4.69) is 9.97 Å². The zero-order valence-electron chi connectivity index (χ0n) is 24.2. The first-order valence-corrected chi connectivity index (χ1v) is 13.9. The van der Waals surface area contributed by atoms with Gasteiger partial charge in [-0.05, 0) is 12.1 Å². The summed E-state index contributed by atoms with van der Waals surface area (Å²) < 4.78 is 53.6. The average molecular weight is 655 g/mol. The lowest BCUT2D eigenvalue weighted by molar-refractivity contribution is -0.298. The number of nitrogen functional groups attached to an aromatic ring is 2. The summed E-state index contributed by atoms with van der Waals surface area (Å²) in [6, 6.07) is 10.3. The summed E-state index contributed by atoms with van der Waals surface area (Å²) in [5.41, 5.74) is 10.3. The zero-order valence-corrected chi connectivity index (χ0v) is 24.2. The molecule has 1 unspecified atom stereocenters. The molecule has 0 amide bonds. The van der Waals surface area contributed by atoms with E-state index in [-0.39, 0.29) is 38.9 Å². The van der Waals surface area contributed by atoms with Crippen molar-refractivity contribution >= 4 is 11.6 Å². The van der Waals surface area contributed by atoms with Gasteiger partial charge >= 0.3 is 11.4 Å². The van der Waals surface area contributed by atoms with E-state index >= 15 is 4.39 Å². The Kier molecular flexibility index (Phi) is 13.2. The molecule has 3 aliphatic rings. The van der Waals surface area contributed by atoms with Gasteiger partial charge in [0.2, 0.25) is 0 Å². The molecule has 3 saturated heterocycles. The first-order valence-electron chi connectivity index (χ1n) is 13.9. The Bertz CT molecular complexity index is 1500. The van der Waals surface area contributed by atoms with Crippen LogP contribution in [0.25, 0.3) is 0 Å². The van der Waals surface area contributed by atoms with Crippen molar-refractivity contribution in [2.45, 2.75) is 62.6 Å². The number of rotatable bonds is 4.